The van der Waals surface area contributed by atoms with Crippen molar-refractivity contribution < 1.29 is 18.7 Å². The maximum absolute atomic E-state index is 13.2. The molecule has 5 nitrogen and oxygen atoms in total. The van der Waals surface area contributed by atoms with Gasteiger partial charge in [0.2, 0.25) is 5.91 Å². The highest BCUT2D eigenvalue weighted by Gasteiger charge is 2.19. The fourth-order valence-corrected chi connectivity index (χ4v) is 2.62. The highest BCUT2D eigenvalue weighted by Crippen LogP contribution is 2.10. The van der Waals surface area contributed by atoms with Crippen molar-refractivity contribution in [3.8, 4) is 0 Å². The zero-order valence-corrected chi connectivity index (χ0v) is 15.2. The van der Waals surface area contributed by atoms with Gasteiger partial charge in [0.15, 0.2) is 0 Å². The second-order valence-electron chi connectivity index (χ2n) is 6.55. The van der Waals surface area contributed by atoms with Crippen LogP contribution in [-0.2, 0) is 17.8 Å². The first-order chi connectivity index (χ1) is 12.8. The van der Waals surface area contributed by atoms with Gasteiger partial charge in [0.1, 0.15) is 11.6 Å². The van der Waals surface area contributed by atoms with Crippen molar-refractivity contribution in [1.82, 2.24) is 10.6 Å². The number of carbonyl (C=O) groups excluding carboxylic acids is 1. The number of hydrogen-bond acceptors (Lipinski definition) is 4. The van der Waals surface area contributed by atoms with Gasteiger partial charge in [0.05, 0.1) is 12.1 Å². The van der Waals surface area contributed by atoms with Crippen LogP contribution in [0.3, 0.4) is 0 Å². The lowest BCUT2D eigenvalue weighted by Crippen LogP contribution is -2.49. The Labute approximate surface area is 157 Å². The Hall–Kier alpha value is -2.35. The first kappa shape index (κ1) is 21.0. The third-order valence-electron chi connectivity index (χ3n) is 4.22. The maximum Gasteiger partial charge on any atom is 0.237 e. The summed E-state index contributed by atoms with van der Waals surface area (Å²) in [5.74, 6) is -1.58. The summed E-state index contributed by atoms with van der Waals surface area (Å²) in [6.45, 7) is 2.18. The molecule has 2 aromatic rings. The molecule has 0 saturated heterocycles. The van der Waals surface area contributed by atoms with E-state index in [1.807, 2.05) is 30.3 Å². The molecule has 27 heavy (non-hydrogen) atoms. The van der Waals surface area contributed by atoms with Gasteiger partial charge in [-0.2, -0.15) is 0 Å². The van der Waals surface area contributed by atoms with Gasteiger partial charge in [-0.1, -0.05) is 30.3 Å². The fraction of sp³-hybridized carbons (Fsp3) is 0.350. The van der Waals surface area contributed by atoms with Crippen LogP contribution in [0, 0.1) is 11.6 Å². The summed E-state index contributed by atoms with van der Waals surface area (Å²) in [4.78, 5) is 12.1. The van der Waals surface area contributed by atoms with Crippen LogP contribution in [0.25, 0.3) is 0 Å². The summed E-state index contributed by atoms with van der Waals surface area (Å²) >= 11 is 0. The van der Waals surface area contributed by atoms with Crippen molar-refractivity contribution in [2.45, 2.75) is 38.1 Å². The lowest BCUT2D eigenvalue weighted by molar-refractivity contribution is -0.123. The van der Waals surface area contributed by atoms with E-state index >= 15 is 0 Å². The molecular formula is C20H25F2N3O2. The third-order valence-corrected chi connectivity index (χ3v) is 4.22. The Morgan fingerprint density at radius 1 is 1.11 bits per heavy atom. The van der Waals surface area contributed by atoms with Gasteiger partial charge in [0, 0.05) is 25.2 Å². The molecule has 0 aromatic heterocycles. The topological polar surface area (TPSA) is 87.4 Å². The molecule has 1 unspecified atom stereocenters. The number of nitrogens with two attached hydrogens (primary N) is 1. The fourth-order valence-electron chi connectivity index (χ4n) is 2.62. The average Bonchev–Trinajstić information content (AvgIpc) is 2.63. The Balaban J connectivity index is 1.75. The van der Waals surface area contributed by atoms with Crippen molar-refractivity contribution in [2.75, 3.05) is 6.54 Å². The highest BCUT2D eigenvalue weighted by molar-refractivity contribution is 5.81. The van der Waals surface area contributed by atoms with Gasteiger partial charge in [-0.05, 0) is 36.6 Å². The minimum absolute atomic E-state index is 0.0822. The molecule has 0 heterocycles. The summed E-state index contributed by atoms with van der Waals surface area (Å²) in [5, 5.41) is 15.9. The van der Waals surface area contributed by atoms with E-state index in [0.29, 0.717) is 12.1 Å². The third kappa shape index (κ3) is 7.05. The van der Waals surface area contributed by atoms with Crippen LogP contribution in [-0.4, -0.2) is 35.7 Å². The SMILES string of the molecule is CC(NC[C@@H](O)[C@@H](N)Cc1cc(F)cc(F)c1)C(=O)NCc1ccccc1. The molecule has 0 aliphatic carbocycles. The molecule has 0 aliphatic heterocycles. The molecule has 3 atom stereocenters. The number of rotatable bonds is 9. The Bertz CT molecular complexity index is 723. The molecule has 0 saturated carbocycles. The quantitative estimate of drug-likeness (QED) is 0.533. The van der Waals surface area contributed by atoms with Crippen LogP contribution in [0.5, 0.6) is 0 Å². The lowest BCUT2D eigenvalue weighted by atomic mass is 10.0. The minimum Gasteiger partial charge on any atom is -0.390 e. The van der Waals surface area contributed by atoms with Crippen LogP contribution in [0.1, 0.15) is 18.1 Å². The van der Waals surface area contributed by atoms with Crippen molar-refractivity contribution in [3.63, 3.8) is 0 Å². The average molecular weight is 377 g/mol. The van der Waals surface area contributed by atoms with Crippen molar-refractivity contribution in [1.29, 1.82) is 0 Å². The van der Waals surface area contributed by atoms with Crippen LogP contribution >= 0.6 is 0 Å². The molecule has 1 amide bonds. The minimum atomic E-state index is -0.972. The zero-order valence-electron chi connectivity index (χ0n) is 15.2. The molecule has 0 fully saturated rings. The molecular weight excluding hydrogens is 352 g/mol. The number of nitrogens with one attached hydrogen (secondary N) is 2. The standard InChI is InChI=1S/C20H25F2N3O2/c1-13(20(27)25-11-14-5-3-2-4-6-14)24-12-19(26)18(23)9-15-7-16(21)10-17(22)8-15/h2-8,10,13,18-19,24,26H,9,11-12,23H2,1H3,(H,25,27)/t13?,18-,19+/m0/s1. The molecule has 7 heteroatoms. The number of aliphatic hydroxyl groups excluding tert-OH is 1. The number of amides is 1. The van der Waals surface area contributed by atoms with Gasteiger partial charge in [-0.15, -0.1) is 0 Å². The van der Waals surface area contributed by atoms with E-state index < -0.39 is 29.8 Å². The van der Waals surface area contributed by atoms with E-state index in [0.717, 1.165) is 11.6 Å². The van der Waals surface area contributed by atoms with E-state index in [1.54, 1.807) is 6.92 Å². The van der Waals surface area contributed by atoms with E-state index in [2.05, 4.69) is 10.6 Å². The first-order valence-electron chi connectivity index (χ1n) is 8.79. The Kier molecular flexibility index (Phi) is 7.84. The Morgan fingerprint density at radius 2 is 1.74 bits per heavy atom. The van der Waals surface area contributed by atoms with Crippen LogP contribution in [0.15, 0.2) is 48.5 Å². The predicted octanol–water partition coefficient (Wildman–Crippen LogP) is 1.49. The number of aliphatic hydroxyl groups is 1. The predicted molar refractivity (Wildman–Crippen MR) is 99.8 cm³/mol. The largest absolute Gasteiger partial charge is 0.390 e. The van der Waals surface area contributed by atoms with E-state index in [1.165, 1.54) is 12.1 Å². The zero-order chi connectivity index (χ0) is 19.8. The van der Waals surface area contributed by atoms with E-state index in [4.69, 9.17) is 5.73 Å². The summed E-state index contributed by atoms with van der Waals surface area (Å²) in [6.07, 6.45) is -0.854. The number of hydrogen-bond donors (Lipinski definition) is 4. The second-order valence-corrected chi connectivity index (χ2v) is 6.55. The number of halogens is 2. The highest BCUT2D eigenvalue weighted by atomic mass is 19.1. The summed E-state index contributed by atoms with van der Waals surface area (Å²) < 4.78 is 26.4. The van der Waals surface area contributed by atoms with E-state index in [9.17, 15) is 18.7 Å². The monoisotopic (exact) mass is 377 g/mol. The summed E-state index contributed by atoms with van der Waals surface area (Å²) in [6, 6.07) is 11.4. The maximum atomic E-state index is 13.2. The summed E-state index contributed by atoms with van der Waals surface area (Å²) in [7, 11) is 0. The molecule has 146 valence electrons. The smallest absolute Gasteiger partial charge is 0.237 e. The summed E-state index contributed by atoms with van der Waals surface area (Å²) in [5.41, 5.74) is 7.27. The molecule has 0 radical (unpaired) electrons. The molecule has 2 aromatic carbocycles. The van der Waals surface area contributed by atoms with Gasteiger partial charge in [-0.3, -0.25) is 4.79 Å². The first-order valence-corrected chi connectivity index (χ1v) is 8.79. The van der Waals surface area contributed by atoms with Crippen LogP contribution in [0.4, 0.5) is 8.78 Å². The van der Waals surface area contributed by atoms with Crippen LogP contribution in [0.2, 0.25) is 0 Å². The van der Waals surface area contributed by atoms with Crippen molar-refractivity contribution >= 4 is 5.91 Å². The second kappa shape index (κ2) is 10.1. The molecule has 5 N–H and O–H groups in total. The van der Waals surface area contributed by atoms with Crippen molar-refractivity contribution in [3.05, 3.63) is 71.3 Å². The Morgan fingerprint density at radius 3 is 2.37 bits per heavy atom. The van der Waals surface area contributed by atoms with Gasteiger partial charge in [-0.25, -0.2) is 8.78 Å². The van der Waals surface area contributed by atoms with Gasteiger partial charge >= 0.3 is 0 Å². The number of benzene rings is 2. The van der Waals surface area contributed by atoms with Gasteiger partial charge < -0.3 is 21.5 Å². The van der Waals surface area contributed by atoms with Crippen molar-refractivity contribution in [2.24, 2.45) is 5.73 Å². The van der Waals surface area contributed by atoms with E-state index in [-0.39, 0.29) is 18.9 Å². The van der Waals surface area contributed by atoms with Gasteiger partial charge in [0.25, 0.3) is 0 Å². The molecule has 0 aliphatic rings. The van der Waals surface area contributed by atoms with Crippen LogP contribution < -0.4 is 16.4 Å². The molecule has 0 spiro atoms. The molecule has 0 bridgehead atoms. The normalized spacial score (nSPS) is 14.4. The lowest BCUT2D eigenvalue weighted by Gasteiger charge is -2.22. The molecule has 2 rings (SSSR count). The number of carbonyl (C=O) groups is 1.